The lowest BCUT2D eigenvalue weighted by atomic mass is 9.49. The maximum absolute atomic E-state index is 13.2. The second-order valence-corrected chi connectivity index (χ2v) is 10.7. The van der Waals surface area contributed by atoms with E-state index >= 15 is 0 Å². The molecule has 1 aliphatic heterocycles. The van der Waals surface area contributed by atoms with E-state index in [1.165, 1.54) is 12.1 Å². The zero-order chi connectivity index (χ0) is 20.9. The van der Waals surface area contributed by atoms with Crippen molar-refractivity contribution >= 4 is 17.4 Å². The zero-order valence-electron chi connectivity index (χ0n) is 18.3. The molecular formula is C26H34N2O2. The molecule has 160 valence electrons. The number of ketones is 1. The van der Waals surface area contributed by atoms with Crippen molar-refractivity contribution in [2.24, 2.45) is 39.5 Å². The van der Waals surface area contributed by atoms with Crippen molar-refractivity contribution in [2.45, 2.75) is 65.3 Å². The first-order valence-electron chi connectivity index (χ1n) is 11.8. The van der Waals surface area contributed by atoms with Crippen LogP contribution in [0, 0.1) is 34.5 Å². The molecule has 0 aromatic heterocycles. The van der Waals surface area contributed by atoms with Crippen molar-refractivity contribution in [3.8, 4) is 0 Å². The summed E-state index contributed by atoms with van der Waals surface area (Å²) in [5, 5.41) is 3.22. The molecule has 3 fully saturated rings. The lowest BCUT2D eigenvalue weighted by Crippen LogP contribution is -2.55. The molecule has 0 saturated heterocycles. The Balaban J connectivity index is 1.33. The van der Waals surface area contributed by atoms with Crippen LogP contribution < -0.4 is 5.32 Å². The largest absolute Gasteiger partial charge is 0.352 e. The van der Waals surface area contributed by atoms with Crippen molar-refractivity contribution in [1.29, 1.82) is 0 Å². The lowest BCUT2D eigenvalue weighted by molar-refractivity contribution is -0.132. The van der Waals surface area contributed by atoms with Gasteiger partial charge in [0.15, 0.2) is 0 Å². The van der Waals surface area contributed by atoms with Crippen molar-refractivity contribution in [1.82, 2.24) is 5.32 Å². The summed E-state index contributed by atoms with van der Waals surface area (Å²) in [6.07, 6.45) is 6.69. The van der Waals surface area contributed by atoms with Crippen LogP contribution in [0.15, 0.2) is 35.3 Å². The molecule has 1 amide bonds. The smallest absolute Gasteiger partial charge is 0.223 e. The summed E-state index contributed by atoms with van der Waals surface area (Å²) in [6, 6.07) is 10.2. The second kappa shape index (κ2) is 7.32. The molecule has 4 nitrogen and oxygen atoms in total. The van der Waals surface area contributed by atoms with Crippen LogP contribution in [0.2, 0.25) is 0 Å². The topological polar surface area (TPSA) is 58.5 Å². The molecule has 3 saturated carbocycles. The van der Waals surface area contributed by atoms with Gasteiger partial charge in [-0.15, -0.1) is 0 Å². The van der Waals surface area contributed by atoms with E-state index in [0.29, 0.717) is 42.9 Å². The molecule has 4 heteroatoms. The number of fused-ring (bicyclic) bond motifs is 5. The van der Waals surface area contributed by atoms with E-state index in [2.05, 4.69) is 31.3 Å². The highest BCUT2D eigenvalue weighted by molar-refractivity contribution is 6.07. The number of carbonyl (C=O) groups is 2. The molecule has 0 radical (unpaired) electrons. The average Bonchev–Trinajstić information content (AvgIpc) is 3.10. The average molecular weight is 407 g/mol. The summed E-state index contributed by atoms with van der Waals surface area (Å²) in [4.78, 5) is 30.2. The van der Waals surface area contributed by atoms with Gasteiger partial charge < -0.3 is 5.32 Å². The molecule has 1 aromatic carbocycles. The Labute approximate surface area is 179 Å². The van der Waals surface area contributed by atoms with Gasteiger partial charge in [-0.3, -0.25) is 14.6 Å². The fourth-order valence-electron chi connectivity index (χ4n) is 7.54. The predicted molar refractivity (Wildman–Crippen MR) is 118 cm³/mol. The molecule has 3 aliphatic carbocycles. The van der Waals surface area contributed by atoms with Crippen LogP contribution >= 0.6 is 0 Å². The first kappa shape index (κ1) is 20.0. The highest BCUT2D eigenvalue weighted by Crippen LogP contribution is 2.63. The third-order valence-corrected chi connectivity index (χ3v) is 9.32. The van der Waals surface area contributed by atoms with Crippen LogP contribution in [0.5, 0.6) is 0 Å². The SMILES string of the molecule is C[C@]12CCC(=O)CC1=NCC1C2CC[C@@]2(C)C1CC[C@@H]2C(=O)NCc1ccccc1. The molecule has 6 atom stereocenters. The Bertz CT molecular complexity index is 878. The lowest BCUT2D eigenvalue weighted by Gasteiger charge is -2.56. The summed E-state index contributed by atoms with van der Waals surface area (Å²) < 4.78 is 0. The number of Topliss-reactive ketones (excluding diaryl/α,β-unsaturated/α-hetero) is 1. The Morgan fingerprint density at radius 2 is 1.90 bits per heavy atom. The number of carbonyl (C=O) groups excluding carboxylic acids is 2. The molecule has 30 heavy (non-hydrogen) atoms. The van der Waals surface area contributed by atoms with Crippen LogP contribution in [0.4, 0.5) is 0 Å². The predicted octanol–water partition coefficient (Wildman–Crippen LogP) is 4.58. The van der Waals surface area contributed by atoms with Crippen LogP contribution in [0.1, 0.15) is 64.4 Å². The number of hydrogen-bond donors (Lipinski definition) is 1. The number of nitrogens with one attached hydrogen (secondary N) is 1. The standard InChI is InChI=1S/C26H34N2O2/c1-25-13-11-21-19(16-27-23-14-18(29)10-12-26(21,23)2)20(25)8-9-22(25)24(30)28-15-17-6-4-3-5-7-17/h3-7,19-22H,8-16H2,1-2H3,(H,28,30)/t19?,20?,21?,22-,25+,26-/m1/s1. The number of amides is 1. The molecule has 0 spiro atoms. The third-order valence-electron chi connectivity index (χ3n) is 9.32. The molecule has 3 unspecified atom stereocenters. The normalized spacial score (nSPS) is 40.1. The minimum absolute atomic E-state index is 0.0792. The number of benzene rings is 1. The Kier molecular flexibility index (Phi) is 4.87. The number of nitrogens with zero attached hydrogens (tertiary/aromatic N) is 1. The second-order valence-electron chi connectivity index (χ2n) is 10.7. The van der Waals surface area contributed by atoms with Crippen LogP contribution in [-0.2, 0) is 16.1 Å². The highest BCUT2D eigenvalue weighted by Gasteiger charge is 2.60. The van der Waals surface area contributed by atoms with Crippen molar-refractivity contribution in [3.05, 3.63) is 35.9 Å². The van der Waals surface area contributed by atoms with E-state index in [4.69, 9.17) is 4.99 Å². The number of hydrogen-bond acceptors (Lipinski definition) is 3. The molecular weight excluding hydrogens is 372 g/mol. The van der Waals surface area contributed by atoms with E-state index in [0.717, 1.165) is 37.8 Å². The molecule has 5 rings (SSSR count). The zero-order valence-corrected chi connectivity index (χ0v) is 18.3. The summed E-state index contributed by atoms with van der Waals surface area (Å²) >= 11 is 0. The molecule has 1 aromatic rings. The fourth-order valence-corrected chi connectivity index (χ4v) is 7.54. The molecule has 0 bridgehead atoms. The third kappa shape index (κ3) is 3.06. The summed E-state index contributed by atoms with van der Waals surface area (Å²) in [7, 11) is 0. The van der Waals surface area contributed by atoms with Crippen LogP contribution in [0.25, 0.3) is 0 Å². The molecule has 4 aliphatic rings. The maximum Gasteiger partial charge on any atom is 0.223 e. The van der Waals surface area contributed by atoms with E-state index in [-0.39, 0.29) is 22.7 Å². The Morgan fingerprint density at radius 1 is 1.10 bits per heavy atom. The molecule has 1 heterocycles. The maximum atomic E-state index is 13.2. The van der Waals surface area contributed by atoms with Gasteiger partial charge >= 0.3 is 0 Å². The minimum Gasteiger partial charge on any atom is -0.352 e. The summed E-state index contributed by atoms with van der Waals surface area (Å²) in [5.74, 6) is 2.47. The first-order valence-corrected chi connectivity index (χ1v) is 11.8. The van der Waals surface area contributed by atoms with Crippen molar-refractivity contribution in [2.75, 3.05) is 6.54 Å². The van der Waals surface area contributed by atoms with Gasteiger partial charge in [0.2, 0.25) is 5.91 Å². The number of rotatable bonds is 3. The van der Waals surface area contributed by atoms with Gasteiger partial charge in [-0.2, -0.15) is 0 Å². The van der Waals surface area contributed by atoms with E-state index in [1.54, 1.807) is 0 Å². The van der Waals surface area contributed by atoms with E-state index in [9.17, 15) is 9.59 Å². The van der Waals surface area contributed by atoms with Gasteiger partial charge in [-0.25, -0.2) is 0 Å². The van der Waals surface area contributed by atoms with Crippen molar-refractivity contribution < 1.29 is 9.59 Å². The van der Waals surface area contributed by atoms with E-state index < -0.39 is 0 Å². The van der Waals surface area contributed by atoms with Gasteiger partial charge in [0.25, 0.3) is 0 Å². The summed E-state index contributed by atoms with van der Waals surface area (Å²) in [6.45, 7) is 6.22. The van der Waals surface area contributed by atoms with Gasteiger partial charge in [-0.1, -0.05) is 44.2 Å². The minimum atomic E-state index is 0.0792. The van der Waals surface area contributed by atoms with Gasteiger partial charge in [0.1, 0.15) is 5.78 Å². The monoisotopic (exact) mass is 406 g/mol. The number of aliphatic imine (C=N–C) groups is 1. The Hall–Kier alpha value is -1.97. The first-order chi connectivity index (χ1) is 14.4. The van der Waals surface area contributed by atoms with Crippen LogP contribution in [0.3, 0.4) is 0 Å². The highest BCUT2D eigenvalue weighted by atomic mass is 16.2. The van der Waals surface area contributed by atoms with Crippen LogP contribution in [-0.4, -0.2) is 23.9 Å². The molecule has 1 N–H and O–H groups in total. The van der Waals surface area contributed by atoms with Crippen molar-refractivity contribution in [3.63, 3.8) is 0 Å². The summed E-state index contributed by atoms with van der Waals surface area (Å²) in [5.41, 5.74) is 2.52. The fraction of sp³-hybridized carbons (Fsp3) is 0.654. The van der Waals surface area contributed by atoms with E-state index in [1.807, 2.05) is 18.2 Å². The quantitative estimate of drug-likeness (QED) is 0.799. The van der Waals surface area contributed by atoms with Gasteiger partial charge in [0, 0.05) is 43.0 Å². The van der Waals surface area contributed by atoms with Gasteiger partial charge in [-0.05, 0) is 60.8 Å². The van der Waals surface area contributed by atoms with Gasteiger partial charge in [0.05, 0.1) is 0 Å². The Morgan fingerprint density at radius 3 is 2.70 bits per heavy atom.